The van der Waals surface area contributed by atoms with Gasteiger partial charge in [-0.2, -0.15) is 0 Å². The van der Waals surface area contributed by atoms with Crippen molar-refractivity contribution in [1.82, 2.24) is 9.55 Å². The lowest BCUT2D eigenvalue weighted by Gasteiger charge is -2.13. The Hall–Kier alpha value is -2.04. The number of rotatable bonds is 1. The zero-order valence-corrected chi connectivity index (χ0v) is 12.9. The van der Waals surface area contributed by atoms with E-state index in [1.807, 2.05) is 6.07 Å². The number of pyridine rings is 2. The van der Waals surface area contributed by atoms with Crippen molar-refractivity contribution in [3.05, 3.63) is 56.9 Å². The van der Waals surface area contributed by atoms with Crippen LogP contribution in [0.1, 0.15) is 0 Å². The van der Waals surface area contributed by atoms with Gasteiger partial charge in [-0.25, -0.2) is 0 Å². The third-order valence-electron chi connectivity index (χ3n) is 3.86. The smallest absolute Gasteiger partial charge is 0.261 e. The largest absolute Gasteiger partial charge is 0.369 e. The van der Waals surface area contributed by atoms with Gasteiger partial charge in [-0.15, -0.1) is 0 Å². The van der Waals surface area contributed by atoms with E-state index in [1.165, 1.54) is 0 Å². The van der Waals surface area contributed by atoms with E-state index < -0.39 is 0 Å². The quantitative estimate of drug-likeness (QED) is 0.737. The van der Waals surface area contributed by atoms with Crippen molar-refractivity contribution in [3.63, 3.8) is 0 Å². The lowest BCUT2D eigenvalue weighted by Crippen LogP contribution is -2.19. The molecule has 0 saturated heterocycles. The summed E-state index contributed by atoms with van der Waals surface area (Å²) in [6.07, 6.45) is 1.69. The average molecular weight is 332 g/mol. The molecule has 1 N–H and O–H groups in total. The molecule has 0 spiro atoms. The number of benzene rings is 1. The van der Waals surface area contributed by atoms with E-state index in [2.05, 4.69) is 10.3 Å². The number of hydrogen-bond donors (Lipinski definition) is 1. The van der Waals surface area contributed by atoms with Crippen LogP contribution in [0, 0.1) is 0 Å². The highest BCUT2D eigenvalue weighted by molar-refractivity contribution is 6.42. The van der Waals surface area contributed by atoms with Crippen molar-refractivity contribution in [2.24, 2.45) is 0 Å². The van der Waals surface area contributed by atoms with Crippen LogP contribution in [-0.2, 0) is 6.54 Å². The van der Waals surface area contributed by atoms with Gasteiger partial charge in [-0.1, -0.05) is 29.3 Å². The Morgan fingerprint density at radius 2 is 2.05 bits per heavy atom. The molecule has 0 bridgehead atoms. The normalized spacial score (nSPS) is 13.2. The number of anilines is 1. The monoisotopic (exact) mass is 331 g/mol. The van der Waals surface area contributed by atoms with Crippen LogP contribution < -0.4 is 10.9 Å². The van der Waals surface area contributed by atoms with E-state index in [-0.39, 0.29) is 5.56 Å². The fraction of sp³-hybridized carbons (Fsp3) is 0.125. The Balaban J connectivity index is 2.15. The molecule has 0 amide bonds. The second-order valence-electron chi connectivity index (χ2n) is 5.14. The molecular formula is C16H11Cl2N3O. The molecule has 2 aromatic heterocycles. The molecule has 0 saturated carbocycles. The number of hydrogen-bond acceptors (Lipinski definition) is 3. The molecule has 0 radical (unpaired) electrons. The summed E-state index contributed by atoms with van der Waals surface area (Å²) in [6, 6.07) is 9.03. The van der Waals surface area contributed by atoms with E-state index in [0.29, 0.717) is 27.5 Å². The summed E-state index contributed by atoms with van der Waals surface area (Å²) < 4.78 is 1.75. The Labute approximate surface area is 136 Å². The number of nitrogens with one attached hydrogen (secondary N) is 1. The molecule has 4 nitrogen and oxygen atoms in total. The fourth-order valence-corrected chi connectivity index (χ4v) is 3.18. The molecule has 4 rings (SSSR count). The Bertz CT molecular complexity index is 965. The zero-order chi connectivity index (χ0) is 15.3. The molecule has 0 atom stereocenters. The molecule has 3 heterocycles. The standard InChI is InChI=1S/C16H11Cl2N3O/c17-11-4-3-9(8-12(11)18)13-14-10(2-1-5-19-14)16(22)21-7-6-20-15(13)21/h1-5,8,20H,6-7H2. The minimum absolute atomic E-state index is 0.0214. The van der Waals surface area contributed by atoms with E-state index in [1.54, 1.807) is 35.0 Å². The van der Waals surface area contributed by atoms with Crippen molar-refractivity contribution in [2.75, 3.05) is 11.9 Å². The third kappa shape index (κ3) is 1.91. The minimum Gasteiger partial charge on any atom is -0.369 e. The molecule has 110 valence electrons. The molecule has 1 aromatic carbocycles. The highest BCUT2D eigenvalue weighted by Crippen LogP contribution is 2.37. The molecule has 0 fully saturated rings. The van der Waals surface area contributed by atoms with Gasteiger partial charge in [-0.3, -0.25) is 14.3 Å². The van der Waals surface area contributed by atoms with Crippen LogP contribution >= 0.6 is 23.2 Å². The van der Waals surface area contributed by atoms with Crippen molar-refractivity contribution in [1.29, 1.82) is 0 Å². The first-order valence-electron chi connectivity index (χ1n) is 6.87. The second kappa shape index (κ2) is 5.00. The van der Waals surface area contributed by atoms with Gasteiger partial charge in [-0.05, 0) is 29.8 Å². The zero-order valence-electron chi connectivity index (χ0n) is 11.4. The van der Waals surface area contributed by atoms with Gasteiger partial charge in [0.15, 0.2) is 0 Å². The molecule has 6 heteroatoms. The molecule has 1 aliphatic rings. The van der Waals surface area contributed by atoms with Crippen LogP contribution in [0.25, 0.3) is 22.0 Å². The van der Waals surface area contributed by atoms with E-state index in [4.69, 9.17) is 23.2 Å². The van der Waals surface area contributed by atoms with Gasteiger partial charge in [0.25, 0.3) is 5.56 Å². The summed E-state index contributed by atoms with van der Waals surface area (Å²) in [5.74, 6) is 0.787. The maximum absolute atomic E-state index is 12.6. The first-order valence-corrected chi connectivity index (χ1v) is 7.63. The predicted octanol–water partition coefficient (Wildman–Crippen LogP) is 3.80. The van der Waals surface area contributed by atoms with Crippen LogP contribution in [0.15, 0.2) is 41.3 Å². The van der Waals surface area contributed by atoms with Gasteiger partial charge in [0.1, 0.15) is 5.82 Å². The number of fused-ring (bicyclic) bond motifs is 2. The molecule has 22 heavy (non-hydrogen) atoms. The van der Waals surface area contributed by atoms with Gasteiger partial charge >= 0.3 is 0 Å². The van der Waals surface area contributed by atoms with E-state index in [9.17, 15) is 4.79 Å². The number of nitrogens with zero attached hydrogens (tertiary/aromatic N) is 2. The first-order chi connectivity index (χ1) is 10.7. The first kappa shape index (κ1) is 13.6. The lowest BCUT2D eigenvalue weighted by molar-refractivity contribution is 0.780. The molecule has 0 aliphatic carbocycles. The van der Waals surface area contributed by atoms with Gasteiger partial charge < -0.3 is 5.32 Å². The maximum Gasteiger partial charge on any atom is 0.261 e. The van der Waals surface area contributed by atoms with Crippen molar-refractivity contribution < 1.29 is 0 Å². The highest BCUT2D eigenvalue weighted by Gasteiger charge is 2.22. The summed E-state index contributed by atoms with van der Waals surface area (Å²) in [5.41, 5.74) is 2.42. The maximum atomic E-state index is 12.6. The summed E-state index contributed by atoms with van der Waals surface area (Å²) in [5, 5.41) is 4.87. The Kier molecular flexibility index (Phi) is 3.10. The molecule has 1 aliphatic heterocycles. The van der Waals surface area contributed by atoms with Crippen molar-refractivity contribution >= 4 is 39.9 Å². The molecular weight excluding hydrogens is 321 g/mol. The van der Waals surface area contributed by atoms with Gasteiger partial charge in [0, 0.05) is 24.8 Å². The van der Waals surface area contributed by atoms with Crippen LogP contribution in [0.4, 0.5) is 5.82 Å². The van der Waals surface area contributed by atoms with Crippen LogP contribution in [0.5, 0.6) is 0 Å². The SMILES string of the molecule is O=c1c2cccnc2c(-c2ccc(Cl)c(Cl)c2)c2n1CCN2. The van der Waals surface area contributed by atoms with Crippen molar-refractivity contribution in [3.8, 4) is 11.1 Å². The van der Waals surface area contributed by atoms with Crippen LogP contribution in [0.2, 0.25) is 10.0 Å². The van der Waals surface area contributed by atoms with E-state index in [0.717, 1.165) is 23.5 Å². The average Bonchev–Trinajstić information content (AvgIpc) is 3.00. The minimum atomic E-state index is -0.0214. The fourth-order valence-electron chi connectivity index (χ4n) is 2.88. The third-order valence-corrected chi connectivity index (χ3v) is 4.60. The highest BCUT2D eigenvalue weighted by atomic mass is 35.5. The summed E-state index contributed by atoms with van der Waals surface area (Å²) in [4.78, 5) is 17.0. The summed E-state index contributed by atoms with van der Waals surface area (Å²) in [6.45, 7) is 1.37. The lowest BCUT2D eigenvalue weighted by atomic mass is 10.0. The van der Waals surface area contributed by atoms with Gasteiger partial charge in [0.05, 0.1) is 20.9 Å². The van der Waals surface area contributed by atoms with Crippen LogP contribution in [-0.4, -0.2) is 16.1 Å². The predicted molar refractivity (Wildman–Crippen MR) is 89.9 cm³/mol. The Morgan fingerprint density at radius 1 is 1.18 bits per heavy atom. The van der Waals surface area contributed by atoms with E-state index >= 15 is 0 Å². The summed E-state index contributed by atoms with van der Waals surface area (Å²) in [7, 11) is 0. The Morgan fingerprint density at radius 3 is 2.86 bits per heavy atom. The summed E-state index contributed by atoms with van der Waals surface area (Å²) >= 11 is 12.2. The number of halogens is 2. The van der Waals surface area contributed by atoms with Crippen LogP contribution in [0.3, 0.4) is 0 Å². The number of aromatic nitrogens is 2. The van der Waals surface area contributed by atoms with Gasteiger partial charge in [0.2, 0.25) is 0 Å². The molecule has 3 aromatic rings. The molecule has 0 unspecified atom stereocenters. The second-order valence-corrected chi connectivity index (χ2v) is 5.95. The topological polar surface area (TPSA) is 46.9 Å². The van der Waals surface area contributed by atoms with Crippen molar-refractivity contribution in [2.45, 2.75) is 6.54 Å².